The second-order valence-electron chi connectivity index (χ2n) is 3.85. The van der Waals surface area contributed by atoms with Crippen LogP contribution in [0.15, 0.2) is 30.3 Å². The van der Waals surface area contributed by atoms with Gasteiger partial charge in [-0.1, -0.05) is 30.3 Å². The third kappa shape index (κ3) is 2.82. The maximum absolute atomic E-state index is 9.08. The van der Waals surface area contributed by atoms with Crippen LogP contribution in [0.25, 0.3) is 0 Å². The van der Waals surface area contributed by atoms with Gasteiger partial charge in [-0.25, -0.2) is 0 Å². The van der Waals surface area contributed by atoms with Crippen LogP contribution in [0, 0.1) is 11.3 Å². The van der Waals surface area contributed by atoms with E-state index in [-0.39, 0.29) is 6.29 Å². The van der Waals surface area contributed by atoms with E-state index in [1.54, 1.807) is 0 Å². The zero-order chi connectivity index (χ0) is 11.2. The lowest BCUT2D eigenvalue weighted by Crippen LogP contribution is -2.24. The summed E-state index contributed by atoms with van der Waals surface area (Å²) in [6.07, 6.45) is 2.33. The van der Waals surface area contributed by atoms with Crippen molar-refractivity contribution in [1.29, 1.82) is 5.26 Å². The Hall–Kier alpha value is -1.37. The molecule has 2 rings (SSSR count). The van der Waals surface area contributed by atoms with Crippen molar-refractivity contribution in [3.63, 3.8) is 0 Å². The molecule has 1 heterocycles. The van der Waals surface area contributed by atoms with Crippen molar-refractivity contribution in [1.82, 2.24) is 0 Å². The summed E-state index contributed by atoms with van der Waals surface area (Å²) in [4.78, 5) is 0. The van der Waals surface area contributed by atoms with E-state index in [0.29, 0.717) is 0 Å². The highest BCUT2D eigenvalue weighted by molar-refractivity contribution is 5.21. The fourth-order valence-electron chi connectivity index (χ4n) is 1.78. The Balaban J connectivity index is 1.98. The molecule has 1 fully saturated rings. The number of hydrogen-bond donors (Lipinski definition) is 0. The van der Waals surface area contributed by atoms with E-state index >= 15 is 0 Å². The summed E-state index contributed by atoms with van der Waals surface area (Å²) >= 11 is 0. The SMILES string of the molecule is N#CC(OC1CCCCO1)c1ccccc1. The van der Waals surface area contributed by atoms with Crippen molar-refractivity contribution in [2.45, 2.75) is 31.7 Å². The van der Waals surface area contributed by atoms with Gasteiger partial charge in [0, 0.05) is 6.61 Å². The Bertz CT molecular complexity index is 352. The summed E-state index contributed by atoms with van der Waals surface area (Å²) in [5.74, 6) is 0. The van der Waals surface area contributed by atoms with E-state index in [4.69, 9.17) is 14.7 Å². The second-order valence-corrected chi connectivity index (χ2v) is 3.85. The van der Waals surface area contributed by atoms with Crippen molar-refractivity contribution in [2.75, 3.05) is 6.61 Å². The van der Waals surface area contributed by atoms with E-state index in [1.807, 2.05) is 30.3 Å². The van der Waals surface area contributed by atoms with E-state index in [2.05, 4.69) is 6.07 Å². The topological polar surface area (TPSA) is 42.2 Å². The predicted molar refractivity (Wildman–Crippen MR) is 59.5 cm³/mol. The molecule has 1 aliphatic heterocycles. The van der Waals surface area contributed by atoms with Crippen LogP contribution in [0.2, 0.25) is 0 Å². The van der Waals surface area contributed by atoms with Crippen LogP contribution in [0.4, 0.5) is 0 Å². The van der Waals surface area contributed by atoms with Gasteiger partial charge in [0.25, 0.3) is 0 Å². The fourth-order valence-corrected chi connectivity index (χ4v) is 1.78. The van der Waals surface area contributed by atoms with Gasteiger partial charge in [-0.05, 0) is 24.8 Å². The third-order valence-corrected chi connectivity index (χ3v) is 2.65. The van der Waals surface area contributed by atoms with Crippen LogP contribution in [0.5, 0.6) is 0 Å². The highest BCUT2D eigenvalue weighted by Crippen LogP contribution is 2.23. The standard InChI is InChI=1S/C13H15NO2/c14-10-12(11-6-2-1-3-7-11)16-13-8-4-5-9-15-13/h1-3,6-7,12-13H,4-5,8-9H2. The molecule has 2 atom stereocenters. The Kier molecular flexibility index (Phi) is 3.92. The minimum absolute atomic E-state index is 0.224. The van der Waals surface area contributed by atoms with Gasteiger partial charge in [0.15, 0.2) is 12.4 Å². The van der Waals surface area contributed by atoms with Gasteiger partial charge in [-0.3, -0.25) is 0 Å². The lowest BCUT2D eigenvalue weighted by Gasteiger charge is -2.24. The molecule has 3 heteroatoms. The normalized spacial score (nSPS) is 22.3. The largest absolute Gasteiger partial charge is 0.353 e. The van der Waals surface area contributed by atoms with E-state index in [0.717, 1.165) is 31.4 Å². The van der Waals surface area contributed by atoms with Crippen molar-refractivity contribution >= 4 is 0 Å². The molecule has 0 saturated carbocycles. The lowest BCUT2D eigenvalue weighted by molar-refractivity contribution is -0.178. The van der Waals surface area contributed by atoms with Gasteiger partial charge < -0.3 is 9.47 Å². The predicted octanol–water partition coefficient (Wildman–Crippen LogP) is 2.79. The van der Waals surface area contributed by atoms with Crippen LogP contribution < -0.4 is 0 Å². The van der Waals surface area contributed by atoms with Gasteiger partial charge in [-0.15, -0.1) is 0 Å². The molecule has 2 unspecified atom stereocenters. The monoisotopic (exact) mass is 217 g/mol. The minimum atomic E-state index is -0.524. The molecule has 1 saturated heterocycles. The maximum Gasteiger partial charge on any atom is 0.172 e. The third-order valence-electron chi connectivity index (χ3n) is 2.65. The molecule has 16 heavy (non-hydrogen) atoms. The first-order valence-electron chi connectivity index (χ1n) is 5.62. The van der Waals surface area contributed by atoms with Crippen LogP contribution in [0.3, 0.4) is 0 Å². The van der Waals surface area contributed by atoms with Crippen molar-refractivity contribution in [3.8, 4) is 6.07 Å². The number of nitrogens with zero attached hydrogens (tertiary/aromatic N) is 1. The van der Waals surface area contributed by atoms with Crippen LogP contribution >= 0.6 is 0 Å². The Morgan fingerprint density at radius 1 is 1.31 bits per heavy atom. The lowest BCUT2D eigenvalue weighted by atomic mass is 10.1. The fraction of sp³-hybridized carbons (Fsp3) is 0.462. The van der Waals surface area contributed by atoms with E-state index in [1.165, 1.54) is 0 Å². The first-order chi connectivity index (χ1) is 7.90. The molecular weight excluding hydrogens is 202 g/mol. The quantitative estimate of drug-likeness (QED) is 0.781. The Labute approximate surface area is 95.6 Å². The average Bonchev–Trinajstić information content (AvgIpc) is 2.38. The smallest absolute Gasteiger partial charge is 0.172 e. The van der Waals surface area contributed by atoms with Crippen molar-refractivity contribution < 1.29 is 9.47 Å². The summed E-state index contributed by atoms with van der Waals surface area (Å²) < 4.78 is 11.1. The van der Waals surface area contributed by atoms with Crippen molar-refractivity contribution in [3.05, 3.63) is 35.9 Å². The number of benzene rings is 1. The number of ether oxygens (including phenoxy) is 2. The Morgan fingerprint density at radius 2 is 2.12 bits per heavy atom. The number of rotatable bonds is 3. The highest BCUT2D eigenvalue weighted by Gasteiger charge is 2.20. The molecule has 3 nitrogen and oxygen atoms in total. The van der Waals surface area contributed by atoms with E-state index in [9.17, 15) is 0 Å². The average molecular weight is 217 g/mol. The summed E-state index contributed by atoms with van der Waals surface area (Å²) in [5.41, 5.74) is 0.888. The number of hydrogen-bond acceptors (Lipinski definition) is 3. The summed E-state index contributed by atoms with van der Waals surface area (Å²) in [6.45, 7) is 0.734. The van der Waals surface area contributed by atoms with Gasteiger partial charge in [0.05, 0.1) is 6.07 Å². The maximum atomic E-state index is 9.08. The van der Waals surface area contributed by atoms with Gasteiger partial charge in [0.1, 0.15) is 0 Å². The van der Waals surface area contributed by atoms with Gasteiger partial charge in [-0.2, -0.15) is 5.26 Å². The van der Waals surface area contributed by atoms with Crippen LogP contribution in [-0.2, 0) is 9.47 Å². The Morgan fingerprint density at radius 3 is 2.75 bits per heavy atom. The molecule has 0 radical (unpaired) electrons. The summed E-state index contributed by atoms with van der Waals surface area (Å²) in [7, 11) is 0. The molecule has 0 aromatic heterocycles. The highest BCUT2D eigenvalue weighted by atomic mass is 16.7. The first-order valence-corrected chi connectivity index (χ1v) is 5.62. The van der Waals surface area contributed by atoms with Gasteiger partial charge >= 0.3 is 0 Å². The molecule has 1 aliphatic rings. The van der Waals surface area contributed by atoms with E-state index < -0.39 is 6.10 Å². The molecule has 0 aliphatic carbocycles. The van der Waals surface area contributed by atoms with Crippen LogP contribution in [0.1, 0.15) is 30.9 Å². The molecule has 0 amide bonds. The summed E-state index contributed by atoms with van der Waals surface area (Å²) in [6, 6.07) is 11.7. The molecule has 1 aromatic carbocycles. The molecule has 0 spiro atoms. The molecule has 0 bridgehead atoms. The summed E-state index contributed by atoms with van der Waals surface area (Å²) in [5, 5.41) is 9.08. The number of nitriles is 1. The molecule has 1 aromatic rings. The first kappa shape index (κ1) is 11.1. The zero-order valence-corrected chi connectivity index (χ0v) is 9.13. The molecular formula is C13H15NO2. The van der Waals surface area contributed by atoms with Gasteiger partial charge in [0.2, 0.25) is 0 Å². The van der Waals surface area contributed by atoms with Crippen molar-refractivity contribution in [2.24, 2.45) is 0 Å². The zero-order valence-electron chi connectivity index (χ0n) is 9.13. The molecule has 0 N–H and O–H groups in total. The van der Waals surface area contributed by atoms with Crippen LogP contribution in [-0.4, -0.2) is 12.9 Å². The minimum Gasteiger partial charge on any atom is -0.353 e. The molecule has 84 valence electrons. The second kappa shape index (κ2) is 5.64.